The highest BCUT2D eigenvalue weighted by Gasteiger charge is 2.21. The molecule has 1 aliphatic heterocycles. The number of rotatable bonds is 2. The lowest BCUT2D eigenvalue weighted by Gasteiger charge is -2.21. The first kappa shape index (κ1) is 12.2. The van der Waals surface area contributed by atoms with Gasteiger partial charge in [0.1, 0.15) is 5.65 Å². The summed E-state index contributed by atoms with van der Waals surface area (Å²) in [6.45, 7) is 3.35. The van der Waals surface area contributed by atoms with Crippen molar-refractivity contribution in [3.63, 3.8) is 0 Å². The van der Waals surface area contributed by atoms with Crippen molar-refractivity contribution in [1.29, 1.82) is 0 Å². The van der Waals surface area contributed by atoms with Gasteiger partial charge >= 0.3 is 0 Å². The fourth-order valence-corrected chi connectivity index (χ4v) is 2.48. The fourth-order valence-electron chi connectivity index (χ4n) is 2.48. The van der Waals surface area contributed by atoms with Crippen LogP contribution in [0.4, 0.5) is 5.69 Å². The third-order valence-electron chi connectivity index (χ3n) is 3.53. The molecular weight excluding hydrogens is 242 g/mol. The Morgan fingerprint density at radius 1 is 1.47 bits per heavy atom. The van der Waals surface area contributed by atoms with Gasteiger partial charge in [-0.15, -0.1) is 0 Å². The Kier molecular flexibility index (Phi) is 3.21. The maximum absolute atomic E-state index is 12.2. The number of aromatic nitrogens is 2. The number of ether oxygens (including phenoxy) is 1. The van der Waals surface area contributed by atoms with Gasteiger partial charge in [-0.2, -0.15) is 0 Å². The van der Waals surface area contributed by atoms with E-state index < -0.39 is 0 Å². The highest BCUT2D eigenvalue weighted by atomic mass is 16.5. The number of nitrogens with one attached hydrogen (secondary N) is 1. The van der Waals surface area contributed by atoms with Gasteiger partial charge in [-0.05, 0) is 31.4 Å². The standard InChI is InChI=1S/C14H17N3O2/c1-10-8-12(9-17-5-4-15-13(10)17)16-14(18)11-2-6-19-7-3-11/h4-5,8-9,11H,2-3,6-7H2,1H3,(H,16,18). The molecule has 5 nitrogen and oxygen atoms in total. The topological polar surface area (TPSA) is 55.6 Å². The van der Waals surface area contributed by atoms with Gasteiger partial charge < -0.3 is 14.5 Å². The zero-order valence-electron chi connectivity index (χ0n) is 10.9. The van der Waals surface area contributed by atoms with Crippen LogP contribution in [0.2, 0.25) is 0 Å². The molecule has 3 heterocycles. The molecule has 3 rings (SSSR count). The number of nitrogens with zero attached hydrogens (tertiary/aromatic N) is 2. The molecule has 0 radical (unpaired) electrons. The number of hydrogen-bond acceptors (Lipinski definition) is 3. The minimum atomic E-state index is 0.0625. The maximum Gasteiger partial charge on any atom is 0.227 e. The molecule has 19 heavy (non-hydrogen) atoms. The van der Waals surface area contributed by atoms with Crippen molar-refractivity contribution in [2.45, 2.75) is 19.8 Å². The summed E-state index contributed by atoms with van der Waals surface area (Å²) >= 11 is 0. The molecule has 1 N–H and O–H groups in total. The van der Waals surface area contributed by atoms with Gasteiger partial charge in [-0.25, -0.2) is 4.98 Å². The van der Waals surface area contributed by atoms with Crippen molar-refractivity contribution in [3.05, 3.63) is 30.2 Å². The summed E-state index contributed by atoms with van der Waals surface area (Å²) in [5, 5.41) is 2.99. The number of carbonyl (C=O) groups excluding carboxylic acids is 1. The minimum Gasteiger partial charge on any atom is -0.381 e. The molecule has 0 unspecified atom stereocenters. The molecule has 1 fully saturated rings. The van der Waals surface area contributed by atoms with E-state index in [1.165, 1.54) is 0 Å². The van der Waals surface area contributed by atoms with Crippen LogP contribution in [0.15, 0.2) is 24.7 Å². The average molecular weight is 259 g/mol. The number of hydrogen-bond donors (Lipinski definition) is 1. The number of carbonyl (C=O) groups is 1. The Hall–Kier alpha value is -1.88. The first-order chi connectivity index (χ1) is 9.24. The zero-order chi connectivity index (χ0) is 13.2. The van der Waals surface area contributed by atoms with Crippen LogP contribution in [0.1, 0.15) is 18.4 Å². The Balaban J connectivity index is 1.78. The largest absolute Gasteiger partial charge is 0.381 e. The van der Waals surface area contributed by atoms with Crippen LogP contribution in [-0.2, 0) is 9.53 Å². The predicted molar refractivity (Wildman–Crippen MR) is 72.1 cm³/mol. The van der Waals surface area contributed by atoms with Crippen LogP contribution < -0.4 is 5.32 Å². The van der Waals surface area contributed by atoms with Gasteiger partial charge in [-0.1, -0.05) is 0 Å². The van der Waals surface area contributed by atoms with E-state index in [1.54, 1.807) is 6.20 Å². The van der Waals surface area contributed by atoms with Crippen LogP contribution in [0.25, 0.3) is 5.65 Å². The molecule has 0 aromatic carbocycles. The van der Waals surface area contributed by atoms with Crippen molar-refractivity contribution in [1.82, 2.24) is 9.38 Å². The van der Waals surface area contributed by atoms with Gasteiger partial charge in [0.05, 0.1) is 5.69 Å². The van der Waals surface area contributed by atoms with Gasteiger partial charge in [0.2, 0.25) is 5.91 Å². The van der Waals surface area contributed by atoms with E-state index >= 15 is 0 Å². The molecule has 2 aromatic heterocycles. The van der Waals surface area contributed by atoms with E-state index in [0.29, 0.717) is 13.2 Å². The van der Waals surface area contributed by atoms with E-state index in [1.807, 2.05) is 29.8 Å². The molecule has 0 saturated carbocycles. The molecule has 0 spiro atoms. The molecule has 100 valence electrons. The summed E-state index contributed by atoms with van der Waals surface area (Å²) in [5.41, 5.74) is 2.79. The molecular formula is C14H17N3O2. The minimum absolute atomic E-state index is 0.0625. The van der Waals surface area contributed by atoms with Crippen LogP contribution in [-0.4, -0.2) is 28.5 Å². The van der Waals surface area contributed by atoms with E-state index in [-0.39, 0.29) is 11.8 Å². The second-order valence-corrected chi connectivity index (χ2v) is 4.95. The van der Waals surface area contributed by atoms with E-state index in [0.717, 1.165) is 29.7 Å². The second-order valence-electron chi connectivity index (χ2n) is 4.95. The molecule has 1 aliphatic rings. The molecule has 0 aliphatic carbocycles. The van der Waals surface area contributed by atoms with E-state index in [9.17, 15) is 4.79 Å². The van der Waals surface area contributed by atoms with Gasteiger partial charge in [0.15, 0.2) is 0 Å². The fraction of sp³-hybridized carbons (Fsp3) is 0.429. The quantitative estimate of drug-likeness (QED) is 0.897. The molecule has 1 amide bonds. The maximum atomic E-state index is 12.2. The molecule has 2 aromatic rings. The number of pyridine rings is 1. The summed E-state index contributed by atoms with van der Waals surface area (Å²) in [7, 11) is 0. The SMILES string of the molecule is Cc1cc(NC(=O)C2CCOCC2)cn2ccnc12. The summed E-state index contributed by atoms with van der Waals surface area (Å²) in [6, 6.07) is 1.96. The van der Waals surface area contributed by atoms with Crippen LogP contribution in [0.5, 0.6) is 0 Å². The molecule has 1 saturated heterocycles. The highest BCUT2D eigenvalue weighted by molar-refractivity contribution is 5.92. The van der Waals surface area contributed by atoms with Crippen molar-refractivity contribution in [3.8, 4) is 0 Å². The lowest BCUT2D eigenvalue weighted by molar-refractivity contribution is -0.122. The smallest absolute Gasteiger partial charge is 0.227 e. The van der Waals surface area contributed by atoms with Gasteiger partial charge in [-0.3, -0.25) is 4.79 Å². The Morgan fingerprint density at radius 3 is 3.05 bits per heavy atom. The summed E-state index contributed by atoms with van der Waals surface area (Å²) < 4.78 is 7.20. The lowest BCUT2D eigenvalue weighted by Crippen LogP contribution is -2.28. The number of aryl methyl sites for hydroxylation is 1. The molecule has 0 atom stereocenters. The van der Waals surface area contributed by atoms with Crippen molar-refractivity contribution in [2.75, 3.05) is 18.5 Å². The van der Waals surface area contributed by atoms with Crippen LogP contribution in [0, 0.1) is 12.8 Å². The normalized spacial score (nSPS) is 16.7. The van der Waals surface area contributed by atoms with Gasteiger partial charge in [0, 0.05) is 37.7 Å². The van der Waals surface area contributed by atoms with Crippen LogP contribution >= 0.6 is 0 Å². The van der Waals surface area contributed by atoms with Crippen molar-refractivity contribution in [2.24, 2.45) is 5.92 Å². The number of imidazole rings is 1. The first-order valence-electron chi connectivity index (χ1n) is 6.56. The lowest BCUT2D eigenvalue weighted by atomic mass is 9.99. The highest BCUT2D eigenvalue weighted by Crippen LogP contribution is 2.19. The predicted octanol–water partition coefficient (Wildman–Crippen LogP) is 2.01. The van der Waals surface area contributed by atoms with Gasteiger partial charge in [0.25, 0.3) is 0 Å². The zero-order valence-corrected chi connectivity index (χ0v) is 10.9. The summed E-state index contributed by atoms with van der Waals surface area (Å²) in [6.07, 6.45) is 7.14. The third-order valence-corrected chi connectivity index (χ3v) is 3.53. The summed E-state index contributed by atoms with van der Waals surface area (Å²) in [4.78, 5) is 16.4. The average Bonchev–Trinajstić information content (AvgIpc) is 2.88. The number of anilines is 1. The number of amides is 1. The monoisotopic (exact) mass is 259 g/mol. The first-order valence-corrected chi connectivity index (χ1v) is 6.56. The molecule has 5 heteroatoms. The van der Waals surface area contributed by atoms with E-state index in [2.05, 4.69) is 10.3 Å². The van der Waals surface area contributed by atoms with Crippen molar-refractivity contribution < 1.29 is 9.53 Å². The second kappa shape index (κ2) is 5.01. The Bertz CT molecular complexity index is 600. The number of fused-ring (bicyclic) bond motifs is 1. The third kappa shape index (κ3) is 2.46. The van der Waals surface area contributed by atoms with Crippen LogP contribution in [0.3, 0.4) is 0 Å². The molecule has 0 bridgehead atoms. The summed E-state index contributed by atoms with van der Waals surface area (Å²) in [5.74, 6) is 0.148. The Labute approximate surface area is 111 Å². The Morgan fingerprint density at radius 2 is 2.26 bits per heavy atom. The van der Waals surface area contributed by atoms with E-state index in [4.69, 9.17) is 4.74 Å². The van der Waals surface area contributed by atoms with Crippen molar-refractivity contribution >= 4 is 17.2 Å².